The minimum Gasteiger partial charge on any atom is -0.444 e. The zero-order valence-electron chi connectivity index (χ0n) is 15.3. The second-order valence-corrected chi connectivity index (χ2v) is 7.58. The number of hydrogen-bond acceptors (Lipinski definition) is 4. The zero-order valence-corrected chi connectivity index (χ0v) is 15.3. The highest BCUT2D eigenvalue weighted by atomic mass is 16.6. The van der Waals surface area contributed by atoms with Gasteiger partial charge in [0.1, 0.15) is 5.60 Å². The summed E-state index contributed by atoms with van der Waals surface area (Å²) >= 11 is 0. The first-order valence-electron chi connectivity index (χ1n) is 8.65. The molecule has 1 unspecified atom stereocenters. The van der Waals surface area contributed by atoms with Crippen LogP contribution in [-0.2, 0) is 4.74 Å². The average molecular weight is 313 g/mol. The van der Waals surface area contributed by atoms with Crippen molar-refractivity contribution in [1.29, 1.82) is 0 Å². The minimum atomic E-state index is -0.425. The van der Waals surface area contributed by atoms with E-state index in [1.165, 1.54) is 6.42 Å². The molecule has 0 aliphatic carbocycles. The van der Waals surface area contributed by atoms with Crippen molar-refractivity contribution in [3.05, 3.63) is 0 Å². The van der Waals surface area contributed by atoms with Crippen LogP contribution in [0.1, 0.15) is 48.0 Å². The molecule has 0 aromatic rings. The Morgan fingerprint density at radius 2 is 2.09 bits per heavy atom. The highest BCUT2D eigenvalue weighted by Gasteiger charge is 2.25. The molecule has 1 heterocycles. The quantitative estimate of drug-likeness (QED) is 0.784. The van der Waals surface area contributed by atoms with Crippen LogP contribution in [0, 0.1) is 5.92 Å². The Morgan fingerprint density at radius 1 is 1.41 bits per heavy atom. The second-order valence-electron chi connectivity index (χ2n) is 7.58. The number of carbonyl (C=O) groups excluding carboxylic acids is 1. The van der Waals surface area contributed by atoms with Crippen LogP contribution in [0.3, 0.4) is 0 Å². The van der Waals surface area contributed by atoms with Crippen LogP contribution in [0.15, 0.2) is 0 Å². The Labute approximate surface area is 136 Å². The molecule has 5 nitrogen and oxygen atoms in total. The largest absolute Gasteiger partial charge is 0.444 e. The molecule has 1 fully saturated rings. The summed E-state index contributed by atoms with van der Waals surface area (Å²) in [4.78, 5) is 16.4. The molecule has 1 amide bonds. The molecule has 1 aliphatic rings. The van der Waals surface area contributed by atoms with Gasteiger partial charge in [-0.3, -0.25) is 0 Å². The summed E-state index contributed by atoms with van der Waals surface area (Å²) in [5.74, 6) is 0.735. The van der Waals surface area contributed by atoms with E-state index < -0.39 is 5.60 Å². The van der Waals surface area contributed by atoms with Gasteiger partial charge in [0.25, 0.3) is 0 Å². The molecule has 22 heavy (non-hydrogen) atoms. The Bertz CT molecular complexity index is 339. The van der Waals surface area contributed by atoms with Gasteiger partial charge in [0, 0.05) is 32.2 Å². The third-order valence-electron chi connectivity index (χ3n) is 3.90. The number of rotatable bonds is 7. The Hall–Kier alpha value is -0.810. The minimum absolute atomic E-state index is 0.202. The molecule has 0 bridgehead atoms. The number of nitrogens with zero attached hydrogens (tertiary/aromatic N) is 2. The molecular weight excluding hydrogens is 278 g/mol. The average Bonchev–Trinajstić information content (AvgIpc) is 2.83. The molecule has 1 rings (SSSR count). The monoisotopic (exact) mass is 313 g/mol. The Balaban J connectivity index is 2.31. The van der Waals surface area contributed by atoms with Gasteiger partial charge in [-0.05, 0) is 53.1 Å². The molecule has 0 aromatic carbocycles. The number of hydrogen-bond donors (Lipinski definition) is 1. The van der Waals surface area contributed by atoms with Crippen molar-refractivity contribution >= 4 is 6.09 Å². The highest BCUT2D eigenvalue weighted by Crippen LogP contribution is 2.16. The van der Waals surface area contributed by atoms with Gasteiger partial charge in [-0.15, -0.1) is 0 Å². The first kappa shape index (κ1) is 19.2. The predicted molar refractivity (Wildman–Crippen MR) is 91.2 cm³/mol. The van der Waals surface area contributed by atoms with Crippen molar-refractivity contribution in [3.63, 3.8) is 0 Å². The molecule has 0 saturated carbocycles. The highest BCUT2D eigenvalue weighted by molar-refractivity contribution is 5.68. The van der Waals surface area contributed by atoms with Crippen molar-refractivity contribution in [3.8, 4) is 0 Å². The number of likely N-dealkylation sites (tertiary alicyclic amines) is 1. The molecule has 0 aromatic heterocycles. The third-order valence-corrected chi connectivity index (χ3v) is 3.90. The first-order valence-corrected chi connectivity index (χ1v) is 8.65. The smallest absolute Gasteiger partial charge is 0.410 e. The molecular formula is C17H35N3O2. The number of carbonyl (C=O) groups is 1. The van der Waals surface area contributed by atoms with Crippen LogP contribution in [0.5, 0.6) is 0 Å². The number of likely N-dealkylation sites (N-methyl/N-ethyl adjacent to an activating group) is 1. The summed E-state index contributed by atoms with van der Waals surface area (Å²) in [6.45, 7) is 17.8. The summed E-state index contributed by atoms with van der Waals surface area (Å²) < 4.78 is 5.45. The second kappa shape index (κ2) is 8.73. The number of amides is 1. The lowest BCUT2D eigenvalue weighted by molar-refractivity contribution is 0.0246. The van der Waals surface area contributed by atoms with E-state index in [4.69, 9.17) is 4.74 Å². The molecule has 5 heteroatoms. The van der Waals surface area contributed by atoms with Crippen LogP contribution in [0.2, 0.25) is 0 Å². The van der Waals surface area contributed by atoms with Crippen molar-refractivity contribution in [2.24, 2.45) is 5.92 Å². The van der Waals surface area contributed by atoms with Crippen LogP contribution >= 0.6 is 0 Å². The summed E-state index contributed by atoms with van der Waals surface area (Å²) in [5, 5.41) is 3.52. The summed E-state index contributed by atoms with van der Waals surface area (Å²) in [7, 11) is 0. The molecule has 130 valence electrons. The number of ether oxygens (including phenoxy) is 1. The van der Waals surface area contributed by atoms with Gasteiger partial charge in [0.15, 0.2) is 0 Å². The van der Waals surface area contributed by atoms with Gasteiger partial charge in [-0.1, -0.05) is 13.8 Å². The Kier molecular flexibility index (Phi) is 7.63. The van der Waals surface area contributed by atoms with E-state index in [1.807, 2.05) is 27.7 Å². The molecule has 1 aliphatic heterocycles. The van der Waals surface area contributed by atoms with Crippen molar-refractivity contribution in [2.75, 3.05) is 39.3 Å². The van der Waals surface area contributed by atoms with Crippen LogP contribution in [0.25, 0.3) is 0 Å². The fourth-order valence-corrected chi connectivity index (χ4v) is 2.65. The van der Waals surface area contributed by atoms with Crippen molar-refractivity contribution in [2.45, 2.75) is 59.6 Å². The SMILES string of the molecule is CCN(CCN1CCC(CNC(C)C)C1)C(=O)OC(C)(C)C. The fourth-order valence-electron chi connectivity index (χ4n) is 2.65. The molecule has 0 spiro atoms. The van der Waals surface area contributed by atoms with Crippen LogP contribution < -0.4 is 5.32 Å². The molecule has 1 saturated heterocycles. The van der Waals surface area contributed by atoms with E-state index in [-0.39, 0.29) is 6.09 Å². The molecule has 1 atom stereocenters. The lowest BCUT2D eigenvalue weighted by Gasteiger charge is -2.28. The van der Waals surface area contributed by atoms with Gasteiger partial charge in [-0.2, -0.15) is 0 Å². The van der Waals surface area contributed by atoms with Crippen molar-refractivity contribution < 1.29 is 9.53 Å². The van der Waals surface area contributed by atoms with Gasteiger partial charge >= 0.3 is 6.09 Å². The maximum atomic E-state index is 12.1. The Morgan fingerprint density at radius 3 is 2.64 bits per heavy atom. The maximum absolute atomic E-state index is 12.1. The maximum Gasteiger partial charge on any atom is 0.410 e. The van der Waals surface area contributed by atoms with Gasteiger partial charge < -0.3 is 19.9 Å². The normalized spacial score (nSPS) is 19.7. The van der Waals surface area contributed by atoms with E-state index >= 15 is 0 Å². The van der Waals surface area contributed by atoms with Gasteiger partial charge in [-0.25, -0.2) is 4.79 Å². The van der Waals surface area contributed by atoms with Crippen LogP contribution in [-0.4, -0.2) is 66.8 Å². The van der Waals surface area contributed by atoms with E-state index in [0.29, 0.717) is 12.6 Å². The predicted octanol–water partition coefficient (Wildman–Crippen LogP) is 2.56. The summed E-state index contributed by atoms with van der Waals surface area (Å²) in [6.07, 6.45) is 1.05. The number of nitrogens with one attached hydrogen (secondary N) is 1. The molecule has 1 N–H and O–H groups in total. The first-order chi connectivity index (χ1) is 10.2. The van der Waals surface area contributed by atoms with E-state index in [2.05, 4.69) is 24.1 Å². The van der Waals surface area contributed by atoms with Crippen LogP contribution in [0.4, 0.5) is 4.79 Å². The van der Waals surface area contributed by atoms with Crippen molar-refractivity contribution in [1.82, 2.24) is 15.1 Å². The van der Waals surface area contributed by atoms with E-state index in [1.54, 1.807) is 4.90 Å². The van der Waals surface area contributed by atoms with E-state index in [9.17, 15) is 4.79 Å². The van der Waals surface area contributed by atoms with E-state index in [0.717, 1.165) is 38.6 Å². The summed E-state index contributed by atoms with van der Waals surface area (Å²) in [5.41, 5.74) is -0.425. The lowest BCUT2D eigenvalue weighted by atomic mass is 10.1. The third kappa shape index (κ3) is 7.45. The standard InChI is InChI=1S/C17H35N3O2/c1-7-20(16(21)22-17(4,5)6)11-10-19-9-8-15(13-19)12-18-14(2)3/h14-15,18H,7-13H2,1-6H3. The molecule has 0 radical (unpaired) electrons. The topological polar surface area (TPSA) is 44.8 Å². The zero-order chi connectivity index (χ0) is 16.8. The fraction of sp³-hybridized carbons (Fsp3) is 0.941. The summed E-state index contributed by atoms with van der Waals surface area (Å²) in [6, 6.07) is 0.553. The van der Waals surface area contributed by atoms with Gasteiger partial charge in [0.2, 0.25) is 0 Å². The van der Waals surface area contributed by atoms with Gasteiger partial charge in [0.05, 0.1) is 0 Å². The lowest BCUT2D eigenvalue weighted by Crippen LogP contribution is -2.41.